The molecule has 1 atom stereocenters. The summed E-state index contributed by atoms with van der Waals surface area (Å²) in [5.74, 6) is 0.159. The predicted molar refractivity (Wildman–Crippen MR) is 96.1 cm³/mol. The van der Waals surface area contributed by atoms with Crippen molar-refractivity contribution >= 4 is 11.9 Å². The highest BCUT2D eigenvalue weighted by Gasteiger charge is 2.34. The molecule has 3 rings (SSSR count). The van der Waals surface area contributed by atoms with Gasteiger partial charge in [-0.3, -0.25) is 14.5 Å². The minimum atomic E-state index is -0.979. The highest BCUT2D eigenvalue weighted by atomic mass is 16.5. The molecular weight excluding hydrogens is 352 g/mol. The van der Waals surface area contributed by atoms with Gasteiger partial charge in [-0.25, -0.2) is 0 Å². The fraction of sp³-hybridized carbons (Fsp3) is 0.368. The van der Waals surface area contributed by atoms with E-state index in [1.54, 1.807) is 35.2 Å². The maximum absolute atomic E-state index is 12.4. The molecule has 144 valence electrons. The largest absolute Gasteiger partial charge is 0.497 e. The lowest BCUT2D eigenvalue weighted by atomic mass is 10.0. The number of nitrogens with zero attached hydrogens (tertiary/aromatic N) is 2. The van der Waals surface area contributed by atoms with Crippen LogP contribution in [0.5, 0.6) is 11.5 Å². The second-order valence-corrected chi connectivity index (χ2v) is 6.15. The first-order valence-corrected chi connectivity index (χ1v) is 8.56. The number of piperazine rings is 1. The van der Waals surface area contributed by atoms with E-state index < -0.39 is 12.0 Å². The van der Waals surface area contributed by atoms with Crippen LogP contribution in [0.1, 0.15) is 22.2 Å². The first-order valence-electron chi connectivity index (χ1n) is 8.56. The first-order chi connectivity index (χ1) is 13.0. The summed E-state index contributed by atoms with van der Waals surface area (Å²) in [5.41, 5.74) is 0.523. The maximum Gasteiger partial charge on any atom is 0.325 e. The molecule has 1 aliphatic rings. The van der Waals surface area contributed by atoms with Crippen LogP contribution >= 0.6 is 0 Å². The van der Waals surface area contributed by atoms with E-state index in [0.29, 0.717) is 43.2 Å². The summed E-state index contributed by atoms with van der Waals surface area (Å²) in [4.78, 5) is 27.9. The van der Waals surface area contributed by atoms with Crippen molar-refractivity contribution in [2.24, 2.45) is 0 Å². The van der Waals surface area contributed by atoms with Gasteiger partial charge in [0.1, 0.15) is 17.5 Å². The number of carboxylic acid groups (broad SMARTS) is 1. The van der Waals surface area contributed by atoms with E-state index in [4.69, 9.17) is 13.9 Å². The monoisotopic (exact) mass is 374 g/mol. The van der Waals surface area contributed by atoms with Crippen molar-refractivity contribution in [3.05, 3.63) is 47.9 Å². The SMILES string of the molecule is COc1ccc(OC)c(C(C(=O)O)N2CCN(C(=O)c3ccco3)CC2)c1. The summed E-state index contributed by atoms with van der Waals surface area (Å²) >= 11 is 0. The van der Waals surface area contributed by atoms with Crippen LogP contribution < -0.4 is 9.47 Å². The van der Waals surface area contributed by atoms with E-state index in [2.05, 4.69) is 0 Å². The van der Waals surface area contributed by atoms with Crippen LogP contribution in [0, 0.1) is 0 Å². The van der Waals surface area contributed by atoms with Crippen LogP contribution in [0.15, 0.2) is 41.0 Å². The summed E-state index contributed by atoms with van der Waals surface area (Å²) in [6, 6.07) is 7.49. The highest BCUT2D eigenvalue weighted by molar-refractivity contribution is 5.91. The van der Waals surface area contributed by atoms with Crippen molar-refractivity contribution in [1.82, 2.24) is 9.80 Å². The Bertz CT molecular complexity index is 797. The minimum absolute atomic E-state index is 0.189. The Morgan fingerprint density at radius 3 is 2.41 bits per heavy atom. The summed E-state index contributed by atoms with van der Waals surface area (Å²) in [7, 11) is 3.03. The van der Waals surface area contributed by atoms with Crippen LogP contribution in [0.25, 0.3) is 0 Å². The Labute approximate surface area is 156 Å². The van der Waals surface area contributed by atoms with Gasteiger partial charge in [0.25, 0.3) is 5.91 Å². The lowest BCUT2D eigenvalue weighted by Crippen LogP contribution is -2.51. The average molecular weight is 374 g/mol. The molecule has 0 aliphatic carbocycles. The third-order valence-corrected chi connectivity index (χ3v) is 4.66. The number of benzene rings is 1. The molecular formula is C19H22N2O6. The molecule has 8 nitrogen and oxygen atoms in total. The molecule has 1 aliphatic heterocycles. The predicted octanol–water partition coefficient (Wildman–Crippen LogP) is 1.88. The Kier molecular flexibility index (Phi) is 5.66. The summed E-state index contributed by atoms with van der Waals surface area (Å²) in [6.07, 6.45) is 1.46. The Balaban J connectivity index is 1.78. The minimum Gasteiger partial charge on any atom is -0.497 e. The van der Waals surface area contributed by atoms with E-state index >= 15 is 0 Å². The van der Waals surface area contributed by atoms with Crippen molar-refractivity contribution < 1.29 is 28.6 Å². The highest BCUT2D eigenvalue weighted by Crippen LogP contribution is 2.33. The number of hydrogen-bond acceptors (Lipinski definition) is 6. The lowest BCUT2D eigenvalue weighted by Gasteiger charge is -2.37. The molecule has 1 aromatic heterocycles. The number of carbonyl (C=O) groups is 2. The topological polar surface area (TPSA) is 92.5 Å². The second kappa shape index (κ2) is 8.13. The van der Waals surface area contributed by atoms with Crippen LogP contribution in [0.3, 0.4) is 0 Å². The van der Waals surface area contributed by atoms with E-state index in [-0.39, 0.29) is 11.7 Å². The van der Waals surface area contributed by atoms with Gasteiger partial charge in [0, 0.05) is 31.7 Å². The van der Waals surface area contributed by atoms with Gasteiger partial charge < -0.3 is 23.9 Å². The molecule has 1 aromatic carbocycles. The van der Waals surface area contributed by atoms with E-state index in [0.717, 1.165) is 0 Å². The number of carboxylic acids is 1. The third kappa shape index (κ3) is 3.90. The number of methoxy groups -OCH3 is 2. The van der Waals surface area contributed by atoms with Gasteiger partial charge >= 0.3 is 5.97 Å². The first kappa shape index (κ1) is 18.8. The molecule has 27 heavy (non-hydrogen) atoms. The van der Waals surface area contributed by atoms with Gasteiger partial charge in [-0.05, 0) is 30.3 Å². The number of aliphatic carboxylic acids is 1. The molecule has 1 N–H and O–H groups in total. The van der Waals surface area contributed by atoms with Crippen molar-refractivity contribution in [2.75, 3.05) is 40.4 Å². The van der Waals surface area contributed by atoms with Gasteiger partial charge in [0.15, 0.2) is 5.76 Å². The van der Waals surface area contributed by atoms with Gasteiger partial charge in [-0.15, -0.1) is 0 Å². The summed E-state index contributed by atoms with van der Waals surface area (Å²) in [5, 5.41) is 9.85. The Morgan fingerprint density at radius 1 is 1.11 bits per heavy atom. The number of ether oxygens (including phenoxy) is 2. The molecule has 1 fully saturated rings. The molecule has 0 saturated carbocycles. The second-order valence-electron chi connectivity index (χ2n) is 6.15. The smallest absolute Gasteiger partial charge is 0.325 e. The average Bonchev–Trinajstić information content (AvgIpc) is 3.22. The molecule has 1 amide bonds. The van der Waals surface area contributed by atoms with Crippen LogP contribution in [-0.4, -0.2) is 67.2 Å². The Morgan fingerprint density at radius 2 is 1.85 bits per heavy atom. The normalized spacial score (nSPS) is 16.0. The summed E-state index contributed by atoms with van der Waals surface area (Å²) < 4.78 is 15.7. The van der Waals surface area contributed by atoms with Crippen molar-refractivity contribution in [2.45, 2.75) is 6.04 Å². The van der Waals surface area contributed by atoms with E-state index in [9.17, 15) is 14.7 Å². The van der Waals surface area contributed by atoms with Gasteiger partial charge in [-0.1, -0.05) is 0 Å². The molecule has 0 radical (unpaired) electrons. The fourth-order valence-electron chi connectivity index (χ4n) is 3.28. The van der Waals surface area contributed by atoms with Crippen LogP contribution in [0.4, 0.5) is 0 Å². The molecule has 1 unspecified atom stereocenters. The molecule has 8 heteroatoms. The Hall–Kier alpha value is -3.00. The molecule has 2 aromatic rings. The number of hydrogen-bond donors (Lipinski definition) is 1. The number of carbonyl (C=O) groups excluding carboxylic acids is 1. The summed E-state index contributed by atoms with van der Waals surface area (Å²) in [6.45, 7) is 1.67. The lowest BCUT2D eigenvalue weighted by molar-refractivity contribution is -0.144. The van der Waals surface area contributed by atoms with E-state index in [1.807, 2.05) is 4.90 Å². The van der Waals surface area contributed by atoms with Crippen molar-refractivity contribution in [3.63, 3.8) is 0 Å². The zero-order valence-electron chi connectivity index (χ0n) is 15.3. The standard InChI is InChI=1S/C19H22N2O6/c1-25-13-5-6-15(26-2)14(12-13)17(19(23)24)20-7-9-21(10-8-20)18(22)16-4-3-11-27-16/h3-6,11-12,17H,7-10H2,1-2H3,(H,23,24). The number of furan rings is 1. The zero-order chi connectivity index (χ0) is 19.4. The van der Waals surface area contributed by atoms with Gasteiger partial charge in [0.2, 0.25) is 0 Å². The quantitative estimate of drug-likeness (QED) is 0.825. The van der Waals surface area contributed by atoms with E-state index in [1.165, 1.54) is 20.5 Å². The fourth-order valence-corrected chi connectivity index (χ4v) is 3.28. The van der Waals surface area contributed by atoms with Crippen LogP contribution in [0.2, 0.25) is 0 Å². The van der Waals surface area contributed by atoms with Gasteiger partial charge in [0.05, 0.1) is 20.5 Å². The van der Waals surface area contributed by atoms with Crippen LogP contribution in [-0.2, 0) is 4.79 Å². The van der Waals surface area contributed by atoms with Crippen molar-refractivity contribution in [1.29, 1.82) is 0 Å². The molecule has 0 bridgehead atoms. The van der Waals surface area contributed by atoms with Gasteiger partial charge in [-0.2, -0.15) is 0 Å². The van der Waals surface area contributed by atoms with Crippen molar-refractivity contribution in [3.8, 4) is 11.5 Å². The third-order valence-electron chi connectivity index (χ3n) is 4.66. The number of amides is 1. The number of rotatable bonds is 6. The zero-order valence-corrected chi connectivity index (χ0v) is 15.3. The maximum atomic E-state index is 12.4. The molecule has 1 saturated heterocycles. The molecule has 2 heterocycles. The molecule has 0 spiro atoms.